The molecule has 1 amide bonds. The van der Waals surface area contributed by atoms with Crippen LogP contribution in [0.3, 0.4) is 0 Å². The maximum Gasteiger partial charge on any atom is 0.270 e. The fourth-order valence-corrected chi connectivity index (χ4v) is 2.65. The lowest BCUT2D eigenvalue weighted by molar-refractivity contribution is 0.0930. The topological polar surface area (TPSA) is 54.9 Å². The molecule has 22 heavy (non-hydrogen) atoms. The van der Waals surface area contributed by atoms with Crippen LogP contribution in [0.2, 0.25) is 0 Å². The van der Waals surface area contributed by atoms with Crippen molar-refractivity contribution in [2.45, 2.75) is 38.1 Å². The van der Waals surface area contributed by atoms with E-state index in [1.165, 1.54) is 0 Å². The van der Waals surface area contributed by atoms with Gasteiger partial charge in [-0.05, 0) is 43.0 Å². The maximum atomic E-state index is 12.4. The molecule has 0 bridgehead atoms. The van der Waals surface area contributed by atoms with E-state index in [0.717, 1.165) is 35.1 Å². The Morgan fingerprint density at radius 3 is 2.68 bits per heavy atom. The number of amides is 1. The third-order valence-corrected chi connectivity index (χ3v) is 4.36. The van der Waals surface area contributed by atoms with Gasteiger partial charge >= 0.3 is 0 Å². The molecule has 1 heterocycles. The molecule has 1 unspecified atom stereocenters. The summed E-state index contributed by atoms with van der Waals surface area (Å²) in [4.78, 5) is 21.1. The quantitative estimate of drug-likeness (QED) is 0.877. The minimum Gasteiger partial charge on any atom is -0.344 e. The first-order valence-electron chi connectivity index (χ1n) is 7.56. The van der Waals surface area contributed by atoms with E-state index in [1.54, 1.807) is 12.3 Å². The Kier molecular flexibility index (Phi) is 4.52. The van der Waals surface area contributed by atoms with Crippen molar-refractivity contribution < 1.29 is 4.79 Å². The van der Waals surface area contributed by atoms with Crippen molar-refractivity contribution in [2.75, 3.05) is 0 Å². The molecule has 0 radical (unpaired) electrons. The van der Waals surface area contributed by atoms with E-state index in [0.29, 0.717) is 11.6 Å². The SMILES string of the molecule is CCC(NC(=O)c1ccnc(C2CC2)n1)c1ccc(Br)cc1. The molecule has 1 aromatic heterocycles. The fraction of sp³-hybridized carbons (Fsp3) is 0.353. The first kappa shape index (κ1) is 15.2. The number of aromatic nitrogens is 2. The number of nitrogens with zero attached hydrogens (tertiary/aromatic N) is 2. The van der Waals surface area contributed by atoms with E-state index >= 15 is 0 Å². The number of benzene rings is 1. The summed E-state index contributed by atoms with van der Waals surface area (Å²) < 4.78 is 1.03. The smallest absolute Gasteiger partial charge is 0.270 e. The lowest BCUT2D eigenvalue weighted by Crippen LogP contribution is -2.29. The van der Waals surface area contributed by atoms with Gasteiger partial charge in [0.05, 0.1) is 6.04 Å². The number of hydrogen-bond donors (Lipinski definition) is 1. The predicted molar refractivity (Wildman–Crippen MR) is 88.6 cm³/mol. The molecule has 1 aliphatic rings. The minimum atomic E-state index is -0.140. The van der Waals surface area contributed by atoms with Crippen LogP contribution < -0.4 is 5.32 Å². The summed E-state index contributed by atoms with van der Waals surface area (Å²) in [7, 11) is 0. The first-order chi connectivity index (χ1) is 10.7. The fourth-order valence-electron chi connectivity index (χ4n) is 2.39. The van der Waals surface area contributed by atoms with Crippen molar-refractivity contribution in [3.63, 3.8) is 0 Å². The number of nitrogens with one attached hydrogen (secondary N) is 1. The van der Waals surface area contributed by atoms with Gasteiger partial charge in [0.2, 0.25) is 0 Å². The standard InChI is InChI=1S/C17H18BrN3O/c1-2-14(11-5-7-13(18)8-6-11)21-17(22)15-9-10-19-16(20-15)12-3-4-12/h5-10,12,14H,2-4H2,1H3,(H,21,22). The average molecular weight is 360 g/mol. The van der Waals surface area contributed by atoms with E-state index in [2.05, 4.69) is 38.1 Å². The van der Waals surface area contributed by atoms with E-state index < -0.39 is 0 Å². The molecule has 1 aromatic carbocycles. The Labute approximate surface area is 138 Å². The van der Waals surface area contributed by atoms with E-state index in [9.17, 15) is 4.79 Å². The third-order valence-electron chi connectivity index (χ3n) is 3.84. The highest BCUT2D eigenvalue weighted by Gasteiger charge is 2.27. The Hall–Kier alpha value is -1.75. The molecule has 1 atom stereocenters. The summed E-state index contributed by atoms with van der Waals surface area (Å²) in [6, 6.07) is 9.68. The molecule has 0 spiro atoms. The Balaban J connectivity index is 1.74. The van der Waals surface area contributed by atoms with Crippen LogP contribution in [0.15, 0.2) is 41.0 Å². The van der Waals surface area contributed by atoms with Gasteiger partial charge in [-0.25, -0.2) is 9.97 Å². The summed E-state index contributed by atoms with van der Waals surface area (Å²) in [5, 5.41) is 3.06. The van der Waals surface area contributed by atoms with Crippen molar-refractivity contribution in [2.24, 2.45) is 0 Å². The molecular formula is C17H18BrN3O. The molecule has 5 heteroatoms. The number of carbonyl (C=O) groups is 1. The largest absolute Gasteiger partial charge is 0.344 e. The molecule has 1 N–H and O–H groups in total. The zero-order chi connectivity index (χ0) is 15.5. The Morgan fingerprint density at radius 2 is 2.05 bits per heavy atom. The summed E-state index contributed by atoms with van der Waals surface area (Å²) in [5.41, 5.74) is 1.54. The molecule has 3 rings (SSSR count). The van der Waals surface area contributed by atoms with Gasteiger partial charge in [0.25, 0.3) is 5.91 Å². The van der Waals surface area contributed by atoms with Gasteiger partial charge in [-0.2, -0.15) is 0 Å². The van der Waals surface area contributed by atoms with Gasteiger partial charge in [0, 0.05) is 16.6 Å². The monoisotopic (exact) mass is 359 g/mol. The zero-order valence-corrected chi connectivity index (χ0v) is 14.0. The van der Waals surface area contributed by atoms with E-state index in [-0.39, 0.29) is 11.9 Å². The van der Waals surface area contributed by atoms with E-state index in [4.69, 9.17) is 0 Å². The summed E-state index contributed by atoms with van der Waals surface area (Å²) >= 11 is 3.43. The van der Waals surface area contributed by atoms with Crippen molar-refractivity contribution in [3.05, 3.63) is 58.1 Å². The molecular weight excluding hydrogens is 342 g/mol. The highest BCUT2D eigenvalue weighted by molar-refractivity contribution is 9.10. The van der Waals surface area contributed by atoms with Gasteiger partial charge in [-0.3, -0.25) is 4.79 Å². The van der Waals surface area contributed by atoms with Crippen LogP contribution in [0.5, 0.6) is 0 Å². The second kappa shape index (κ2) is 6.57. The minimum absolute atomic E-state index is 0.0139. The van der Waals surface area contributed by atoms with Crippen LogP contribution >= 0.6 is 15.9 Å². The third kappa shape index (κ3) is 3.53. The van der Waals surface area contributed by atoms with Crippen molar-refractivity contribution in [1.29, 1.82) is 0 Å². The van der Waals surface area contributed by atoms with Crippen LogP contribution in [0.1, 0.15) is 60.0 Å². The number of halogens is 1. The Bertz CT molecular complexity index is 668. The van der Waals surface area contributed by atoms with Gasteiger partial charge < -0.3 is 5.32 Å². The second-order valence-electron chi connectivity index (χ2n) is 5.56. The number of rotatable bonds is 5. The lowest BCUT2D eigenvalue weighted by Gasteiger charge is -2.17. The van der Waals surface area contributed by atoms with Gasteiger partial charge in [0.15, 0.2) is 0 Å². The van der Waals surface area contributed by atoms with Crippen LogP contribution in [-0.4, -0.2) is 15.9 Å². The van der Waals surface area contributed by atoms with Crippen molar-refractivity contribution in [3.8, 4) is 0 Å². The van der Waals surface area contributed by atoms with Crippen molar-refractivity contribution in [1.82, 2.24) is 15.3 Å². The molecule has 114 valence electrons. The van der Waals surface area contributed by atoms with Crippen LogP contribution in [0, 0.1) is 0 Å². The Morgan fingerprint density at radius 1 is 1.32 bits per heavy atom. The molecule has 0 aliphatic heterocycles. The highest BCUT2D eigenvalue weighted by Crippen LogP contribution is 2.37. The van der Waals surface area contributed by atoms with Gasteiger partial charge in [-0.1, -0.05) is 35.0 Å². The van der Waals surface area contributed by atoms with Crippen LogP contribution in [-0.2, 0) is 0 Å². The van der Waals surface area contributed by atoms with Crippen LogP contribution in [0.4, 0.5) is 0 Å². The molecule has 4 nitrogen and oxygen atoms in total. The first-order valence-corrected chi connectivity index (χ1v) is 8.36. The lowest BCUT2D eigenvalue weighted by atomic mass is 10.0. The van der Waals surface area contributed by atoms with Crippen molar-refractivity contribution >= 4 is 21.8 Å². The predicted octanol–water partition coefficient (Wildman–Crippen LogP) is 4.00. The van der Waals surface area contributed by atoms with Gasteiger partial charge in [0.1, 0.15) is 11.5 Å². The summed E-state index contributed by atoms with van der Waals surface area (Å²) in [6.45, 7) is 2.06. The molecule has 2 aromatic rings. The zero-order valence-electron chi connectivity index (χ0n) is 12.4. The molecule has 0 saturated heterocycles. The average Bonchev–Trinajstić information content (AvgIpc) is 3.38. The van der Waals surface area contributed by atoms with Crippen LogP contribution in [0.25, 0.3) is 0 Å². The van der Waals surface area contributed by atoms with Gasteiger partial charge in [-0.15, -0.1) is 0 Å². The second-order valence-corrected chi connectivity index (χ2v) is 6.48. The maximum absolute atomic E-state index is 12.4. The summed E-state index contributed by atoms with van der Waals surface area (Å²) in [5.74, 6) is 1.10. The number of hydrogen-bond acceptors (Lipinski definition) is 3. The highest BCUT2D eigenvalue weighted by atomic mass is 79.9. The molecule has 1 saturated carbocycles. The number of carbonyl (C=O) groups excluding carboxylic acids is 1. The molecule has 1 fully saturated rings. The normalized spacial score (nSPS) is 15.4. The summed E-state index contributed by atoms with van der Waals surface area (Å²) in [6.07, 6.45) is 4.76. The van der Waals surface area contributed by atoms with E-state index in [1.807, 2.05) is 24.3 Å². The molecule has 1 aliphatic carbocycles.